The van der Waals surface area contributed by atoms with Crippen LogP contribution in [0.4, 0.5) is 0 Å². The van der Waals surface area contributed by atoms with E-state index in [1.807, 2.05) is 24.3 Å². The van der Waals surface area contributed by atoms with E-state index in [9.17, 15) is 0 Å². The van der Waals surface area contributed by atoms with Crippen molar-refractivity contribution in [2.24, 2.45) is 0 Å². The fourth-order valence-corrected chi connectivity index (χ4v) is 2.73. The van der Waals surface area contributed by atoms with Gasteiger partial charge in [0.15, 0.2) is 0 Å². The molecule has 2 aromatic carbocycles. The number of rotatable bonds is 3. The molecule has 3 rings (SSSR count). The minimum atomic E-state index is 0.579. The van der Waals surface area contributed by atoms with Gasteiger partial charge in [-0.2, -0.15) is 5.26 Å². The summed E-state index contributed by atoms with van der Waals surface area (Å²) in [5.74, 6) is 1.04. The number of aromatic nitrogens is 2. The molecular formula is C17H14ClN3. The highest BCUT2D eigenvalue weighted by Crippen LogP contribution is 2.23. The molecule has 1 aromatic heterocycles. The first-order valence-corrected chi connectivity index (χ1v) is 7.23. The third-order valence-electron chi connectivity index (χ3n) is 3.56. The summed E-state index contributed by atoms with van der Waals surface area (Å²) in [6, 6.07) is 15.6. The van der Waals surface area contributed by atoms with E-state index in [1.54, 1.807) is 12.1 Å². The van der Waals surface area contributed by atoms with E-state index < -0.39 is 0 Å². The monoisotopic (exact) mass is 295 g/mol. The van der Waals surface area contributed by atoms with Crippen molar-refractivity contribution < 1.29 is 0 Å². The molecule has 3 aromatic rings. The molecule has 0 radical (unpaired) electrons. The van der Waals surface area contributed by atoms with Crippen molar-refractivity contribution in [1.29, 1.82) is 5.26 Å². The summed E-state index contributed by atoms with van der Waals surface area (Å²) in [6.45, 7) is 2.76. The molecule has 0 amide bonds. The van der Waals surface area contributed by atoms with E-state index in [-0.39, 0.29) is 0 Å². The summed E-state index contributed by atoms with van der Waals surface area (Å²) in [5.41, 5.74) is 3.68. The Morgan fingerprint density at radius 2 is 2.05 bits per heavy atom. The van der Waals surface area contributed by atoms with Crippen LogP contribution < -0.4 is 0 Å². The van der Waals surface area contributed by atoms with Crippen LogP contribution in [0.15, 0.2) is 42.5 Å². The molecule has 0 fully saturated rings. The lowest BCUT2D eigenvalue weighted by atomic mass is 10.1. The number of hydrogen-bond donors (Lipinski definition) is 0. The van der Waals surface area contributed by atoms with Crippen molar-refractivity contribution in [3.63, 3.8) is 0 Å². The molecule has 21 heavy (non-hydrogen) atoms. The minimum absolute atomic E-state index is 0.579. The highest BCUT2D eigenvalue weighted by atomic mass is 35.5. The highest BCUT2D eigenvalue weighted by molar-refractivity contribution is 6.31. The Labute approximate surface area is 128 Å². The first kappa shape index (κ1) is 13.7. The lowest BCUT2D eigenvalue weighted by Crippen LogP contribution is -2.05. The average Bonchev–Trinajstić information content (AvgIpc) is 2.87. The molecule has 4 heteroatoms. The number of imidazole rings is 1. The molecular weight excluding hydrogens is 282 g/mol. The number of nitrogens with zero attached hydrogens (tertiary/aromatic N) is 3. The summed E-state index contributed by atoms with van der Waals surface area (Å²) >= 11 is 6.29. The van der Waals surface area contributed by atoms with E-state index in [4.69, 9.17) is 16.9 Å². The van der Waals surface area contributed by atoms with Crippen LogP contribution in [-0.2, 0) is 13.0 Å². The number of fused-ring (bicyclic) bond motifs is 1. The molecule has 0 unspecified atom stereocenters. The van der Waals surface area contributed by atoms with Crippen LogP contribution in [-0.4, -0.2) is 9.55 Å². The van der Waals surface area contributed by atoms with Crippen LogP contribution in [0.5, 0.6) is 0 Å². The third-order valence-corrected chi connectivity index (χ3v) is 3.91. The van der Waals surface area contributed by atoms with Crippen molar-refractivity contribution in [3.8, 4) is 6.07 Å². The number of nitriles is 1. The quantitative estimate of drug-likeness (QED) is 0.727. The highest BCUT2D eigenvalue weighted by Gasteiger charge is 2.11. The van der Waals surface area contributed by atoms with Gasteiger partial charge in [0.1, 0.15) is 5.82 Å². The lowest BCUT2D eigenvalue weighted by Gasteiger charge is -2.10. The van der Waals surface area contributed by atoms with Gasteiger partial charge in [0.25, 0.3) is 0 Å². The average molecular weight is 296 g/mol. The second-order valence-corrected chi connectivity index (χ2v) is 5.28. The van der Waals surface area contributed by atoms with Gasteiger partial charge in [0.05, 0.1) is 29.2 Å². The number of halogens is 1. The summed E-state index contributed by atoms with van der Waals surface area (Å²) in [5, 5.41) is 9.53. The molecule has 0 saturated heterocycles. The standard InChI is InChI=1S/C17H14ClN3/c1-2-17-20-15-5-3-4-6-16(15)21(17)11-13-8-7-12(10-19)9-14(13)18/h3-9H,2,11H2,1H3. The Hall–Kier alpha value is -2.31. The van der Waals surface area contributed by atoms with Crippen molar-refractivity contribution >= 4 is 22.6 Å². The van der Waals surface area contributed by atoms with Crippen LogP contribution >= 0.6 is 11.6 Å². The topological polar surface area (TPSA) is 41.6 Å². The largest absolute Gasteiger partial charge is 0.323 e. The van der Waals surface area contributed by atoms with Crippen molar-refractivity contribution in [3.05, 3.63) is 64.4 Å². The summed E-state index contributed by atoms with van der Waals surface area (Å²) in [7, 11) is 0. The van der Waals surface area contributed by atoms with E-state index >= 15 is 0 Å². The molecule has 0 saturated carbocycles. The zero-order valence-corrected chi connectivity index (χ0v) is 12.4. The minimum Gasteiger partial charge on any atom is -0.323 e. The summed E-state index contributed by atoms with van der Waals surface area (Å²) in [6.07, 6.45) is 0.864. The molecule has 0 aliphatic heterocycles. The predicted molar refractivity (Wildman–Crippen MR) is 84.4 cm³/mol. The normalized spacial score (nSPS) is 10.7. The molecule has 0 aliphatic carbocycles. The van der Waals surface area contributed by atoms with Gasteiger partial charge in [-0.25, -0.2) is 4.98 Å². The maximum absolute atomic E-state index is 8.91. The molecule has 1 heterocycles. The van der Waals surface area contributed by atoms with E-state index in [1.165, 1.54) is 0 Å². The first-order chi connectivity index (χ1) is 10.2. The number of para-hydroxylation sites is 2. The molecule has 0 spiro atoms. The van der Waals surface area contributed by atoms with Crippen LogP contribution in [0, 0.1) is 11.3 Å². The SMILES string of the molecule is CCc1nc2ccccc2n1Cc1ccc(C#N)cc1Cl. The van der Waals surface area contributed by atoms with Crippen molar-refractivity contribution in [2.75, 3.05) is 0 Å². The Balaban J connectivity index is 2.07. The maximum Gasteiger partial charge on any atom is 0.109 e. The van der Waals surface area contributed by atoms with Gasteiger partial charge in [-0.1, -0.05) is 36.7 Å². The molecule has 3 nitrogen and oxygen atoms in total. The predicted octanol–water partition coefficient (Wildman–Crippen LogP) is 4.17. The van der Waals surface area contributed by atoms with Gasteiger partial charge in [-0.05, 0) is 29.8 Å². The lowest BCUT2D eigenvalue weighted by molar-refractivity contribution is 0.753. The Bertz CT molecular complexity index is 843. The van der Waals surface area contributed by atoms with Crippen molar-refractivity contribution in [1.82, 2.24) is 9.55 Å². The van der Waals surface area contributed by atoms with Crippen molar-refractivity contribution in [2.45, 2.75) is 19.9 Å². The molecule has 0 bridgehead atoms. The van der Waals surface area contributed by atoms with Gasteiger partial charge >= 0.3 is 0 Å². The zero-order valence-electron chi connectivity index (χ0n) is 11.7. The van der Waals surface area contributed by atoms with Gasteiger partial charge in [0, 0.05) is 11.4 Å². The van der Waals surface area contributed by atoms with E-state index in [0.29, 0.717) is 17.1 Å². The zero-order chi connectivity index (χ0) is 14.8. The second kappa shape index (κ2) is 5.59. The molecule has 0 atom stereocenters. The van der Waals surface area contributed by atoms with Crippen LogP contribution in [0.1, 0.15) is 23.9 Å². The summed E-state index contributed by atoms with van der Waals surface area (Å²) in [4.78, 5) is 4.66. The van der Waals surface area contributed by atoms with Gasteiger partial charge < -0.3 is 4.57 Å². The number of hydrogen-bond acceptors (Lipinski definition) is 2. The van der Waals surface area contributed by atoms with Gasteiger partial charge in [-0.3, -0.25) is 0 Å². The fourth-order valence-electron chi connectivity index (χ4n) is 2.49. The smallest absolute Gasteiger partial charge is 0.109 e. The van der Waals surface area contributed by atoms with E-state index in [2.05, 4.69) is 28.6 Å². The van der Waals surface area contributed by atoms with E-state index in [0.717, 1.165) is 28.8 Å². The number of aryl methyl sites for hydroxylation is 1. The first-order valence-electron chi connectivity index (χ1n) is 6.85. The molecule has 0 N–H and O–H groups in total. The van der Waals surface area contributed by atoms with Crippen LogP contribution in [0.25, 0.3) is 11.0 Å². The summed E-state index contributed by atoms with van der Waals surface area (Å²) < 4.78 is 2.18. The third kappa shape index (κ3) is 2.51. The Morgan fingerprint density at radius 1 is 1.24 bits per heavy atom. The Kier molecular flexibility index (Phi) is 3.64. The Morgan fingerprint density at radius 3 is 2.76 bits per heavy atom. The number of benzene rings is 2. The fraction of sp³-hybridized carbons (Fsp3) is 0.176. The maximum atomic E-state index is 8.91. The molecule has 0 aliphatic rings. The second-order valence-electron chi connectivity index (χ2n) is 4.87. The van der Waals surface area contributed by atoms with Crippen LogP contribution in [0.3, 0.4) is 0 Å². The van der Waals surface area contributed by atoms with Crippen LogP contribution in [0.2, 0.25) is 5.02 Å². The molecule has 104 valence electrons. The van der Waals surface area contributed by atoms with Gasteiger partial charge in [0.2, 0.25) is 0 Å². The van der Waals surface area contributed by atoms with Gasteiger partial charge in [-0.15, -0.1) is 0 Å².